The van der Waals surface area contributed by atoms with Crippen molar-refractivity contribution in [1.29, 1.82) is 0 Å². The van der Waals surface area contributed by atoms with E-state index in [4.69, 9.17) is 14.8 Å². The van der Waals surface area contributed by atoms with Crippen LogP contribution in [0.5, 0.6) is 0 Å². The molecule has 0 spiro atoms. The van der Waals surface area contributed by atoms with Gasteiger partial charge in [-0.1, -0.05) is 72.8 Å². The van der Waals surface area contributed by atoms with E-state index >= 15 is 0 Å². The molecule has 0 aromatic heterocycles. The third-order valence-electron chi connectivity index (χ3n) is 7.76. The van der Waals surface area contributed by atoms with E-state index in [1.54, 1.807) is 13.8 Å². The van der Waals surface area contributed by atoms with Gasteiger partial charge in [0.2, 0.25) is 0 Å². The lowest BCUT2D eigenvalue weighted by Crippen LogP contribution is -2.32. The van der Waals surface area contributed by atoms with Crippen LogP contribution in [0.2, 0.25) is 0 Å². The van der Waals surface area contributed by atoms with E-state index in [0.717, 1.165) is 73.2 Å². The number of carbonyl (C=O) groups excluding carboxylic acids is 3. The van der Waals surface area contributed by atoms with Crippen molar-refractivity contribution >= 4 is 52.8 Å². The van der Waals surface area contributed by atoms with Crippen LogP contribution in [0.15, 0.2) is 119 Å². The molecule has 2 heterocycles. The molecule has 7 nitrogen and oxygen atoms in total. The van der Waals surface area contributed by atoms with Gasteiger partial charge in [0, 0.05) is 37.1 Å². The van der Waals surface area contributed by atoms with Gasteiger partial charge in [-0.15, -0.1) is 0 Å². The zero-order chi connectivity index (χ0) is 32.7. The lowest BCUT2D eigenvalue weighted by atomic mass is 10.1. The van der Waals surface area contributed by atoms with Gasteiger partial charge in [-0.3, -0.25) is 0 Å². The summed E-state index contributed by atoms with van der Waals surface area (Å²) in [7, 11) is 0. The van der Waals surface area contributed by atoms with Crippen molar-refractivity contribution in [2.45, 2.75) is 65.5 Å². The Bertz CT molecular complexity index is 1530. The van der Waals surface area contributed by atoms with Gasteiger partial charge in [0.1, 0.15) is 30.0 Å². The van der Waals surface area contributed by atoms with E-state index in [1.165, 1.54) is 11.1 Å². The first-order valence-electron chi connectivity index (χ1n) is 15.7. The van der Waals surface area contributed by atoms with E-state index in [2.05, 4.69) is 70.5 Å². The molecule has 6 rings (SSSR count). The highest BCUT2D eigenvalue weighted by Crippen LogP contribution is 2.32. The molecule has 0 bridgehead atoms. The van der Waals surface area contributed by atoms with Gasteiger partial charge >= 0.3 is 0 Å². The van der Waals surface area contributed by atoms with Crippen LogP contribution in [0, 0.1) is 0 Å². The molecule has 2 aliphatic heterocycles. The topological polar surface area (TPSA) is 82.4 Å². The van der Waals surface area contributed by atoms with Gasteiger partial charge in [0.15, 0.2) is 0 Å². The van der Waals surface area contributed by atoms with Crippen LogP contribution in [-0.4, -0.2) is 30.0 Å². The first kappa shape index (κ1) is 33.7. The normalized spacial score (nSPS) is 13.0. The van der Waals surface area contributed by atoms with Crippen molar-refractivity contribution in [3.63, 3.8) is 0 Å². The molecular formula is C39H42N4O3. The number of hydrogen-bond donors (Lipinski definition) is 0. The van der Waals surface area contributed by atoms with Crippen molar-refractivity contribution in [3.8, 4) is 0 Å². The highest BCUT2D eigenvalue weighted by molar-refractivity contribution is 6.02. The number of benzene rings is 4. The Morgan fingerprint density at radius 3 is 1.28 bits per heavy atom. The molecule has 0 saturated carbocycles. The molecule has 4 aromatic rings. The quantitative estimate of drug-likeness (QED) is 0.178. The minimum atomic E-state index is 0.239. The zero-order valence-electron chi connectivity index (χ0n) is 26.8. The van der Waals surface area contributed by atoms with E-state index in [1.807, 2.05) is 55.3 Å². The van der Waals surface area contributed by atoms with Crippen LogP contribution in [0.1, 0.15) is 63.5 Å². The van der Waals surface area contributed by atoms with Gasteiger partial charge in [0.05, 0.1) is 24.5 Å². The third-order valence-corrected chi connectivity index (χ3v) is 7.76. The summed E-state index contributed by atoms with van der Waals surface area (Å²) in [6.07, 6.45) is 4.57. The van der Waals surface area contributed by atoms with E-state index in [0.29, 0.717) is 12.8 Å². The van der Waals surface area contributed by atoms with Crippen molar-refractivity contribution in [3.05, 3.63) is 120 Å². The Morgan fingerprint density at radius 1 is 0.565 bits per heavy atom. The summed E-state index contributed by atoms with van der Waals surface area (Å²) in [6, 6.07) is 37.2. The number of para-hydroxylation sites is 4. The van der Waals surface area contributed by atoms with E-state index in [9.17, 15) is 9.59 Å². The smallest absolute Gasteiger partial charge is 0.129 e. The fourth-order valence-corrected chi connectivity index (χ4v) is 5.50. The summed E-state index contributed by atoms with van der Waals surface area (Å²) in [4.78, 5) is 44.5. The Labute approximate surface area is 272 Å². The van der Waals surface area contributed by atoms with Crippen LogP contribution in [-0.2, 0) is 27.5 Å². The molecule has 0 unspecified atom stereocenters. The Hall–Kier alpha value is -5.17. The van der Waals surface area contributed by atoms with Crippen molar-refractivity contribution < 1.29 is 14.4 Å². The SMILES string of the molecule is C=O.CC(=O)CCCC1=Nc2ccccc2CN1c1ccccc1.CC(=O)CCCC1=Nc2ccccc2CN1c1ccccc1. The van der Waals surface area contributed by atoms with Crippen LogP contribution in [0.4, 0.5) is 22.7 Å². The summed E-state index contributed by atoms with van der Waals surface area (Å²) in [5.74, 6) is 2.57. The monoisotopic (exact) mass is 614 g/mol. The highest BCUT2D eigenvalue weighted by Gasteiger charge is 2.22. The second kappa shape index (κ2) is 17.4. The second-order valence-electron chi connectivity index (χ2n) is 11.3. The molecule has 0 amide bonds. The van der Waals surface area contributed by atoms with E-state index < -0.39 is 0 Å². The number of rotatable bonds is 10. The summed E-state index contributed by atoms with van der Waals surface area (Å²) in [5, 5.41) is 0. The van der Waals surface area contributed by atoms with Crippen LogP contribution >= 0.6 is 0 Å². The lowest BCUT2D eigenvalue weighted by molar-refractivity contribution is -0.117. The maximum Gasteiger partial charge on any atom is 0.129 e. The molecule has 0 atom stereocenters. The minimum Gasteiger partial charge on any atom is -0.325 e. The van der Waals surface area contributed by atoms with Crippen molar-refractivity contribution in [1.82, 2.24) is 0 Å². The van der Waals surface area contributed by atoms with Gasteiger partial charge < -0.3 is 24.2 Å². The van der Waals surface area contributed by atoms with E-state index in [-0.39, 0.29) is 11.6 Å². The molecular weight excluding hydrogens is 572 g/mol. The number of Topliss-reactive ketones (excluding diaryl/α,β-unsaturated/α-hetero) is 2. The Kier molecular flexibility index (Phi) is 12.7. The molecule has 7 heteroatoms. The molecule has 0 aliphatic carbocycles. The number of ketones is 2. The summed E-state index contributed by atoms with van der Waals surface area (Å²) >= 11 is 0. The first-order valence-corrected chi connectivity index (χ1v) is 15.7. The lowest BCUT2D eigenvalue weighted by Gasteiger charge is -2.30. The summed E-state index contributed by atoms with van der Waals surface area (Å²) in [5.41, 5.74) is 6.88. The van der Waals surface area contributed by atoms with Crippen LogP contribution in [0.25, 0.3) is 0 Å². The molecule has 236 valence electrons. The molecule has 0 radical (unpaired) electrons. The molecule has 0 N–H and O–H groups in total. The average molecular weight is 615 g/mol. The van der Waals surface area contributed by atoms with Gasteiger partial charge in [-0.05, 0) is 74.2 Å². The Morgan fingerprint density at radius 2 is 0.913 bits per heavy atom. The van der Waals surface area contributed by atoms with Crippen molar-refractivity contribution in [2.75, 3.05) is 9.80 Å². The predicted molar refractivity (Wildman–Crippen MR) is 189 cm³/mol. The molecule has 0 fully saturated rings. The number of nitrogens with zero attached hydrogens (tertiary/aromatic N) is 4. The number of anilines is 2. The fraction of sp³-hybridized carbons (Fsp3) is 0.256. The molecule has 4 aromatic carbocycles. The standard InChI is InChI=1S/2C19H20N2O.CH2O/c2*1-15(22)8-7-13-19-20-18-12-6-5-9-16(18)14-21(19)17-10-3-2-4-11-17;1-2/h2*2-6,9-12H,7-8,13-14H2,1H3;1H2. The Balaban J connectivity index is 0.000000198. The predicted octanol–water partition coefficient (Wildman–Crippen LogP) is 8.81. The average Bonchev–Trinajstić information content (AvgIpc) is 3.09. The van der Waals surface area contributed by atoms with Crippen molar-refractivity contribution in [2.24, 2.45) is 9.98 Å². The van der Waals surface area contributed by atoms with Gasteiger partial charge in [-0.2, -0.15) is 0 Å². The zero-order valence-corrected chi connectivity index (χ0v) is 26.8. The molecule has 2 aliphatic rings. The van der Waals surface area contributed by atoms with Crippen LogP contribution < -0.4 is 9.80 Å². The summed E-state index contributed by atoms with van der Waals surface area (Å²) < 4.78 is 0. The number of aliphatic imine (C=N–C) groups is 2. The number of fused-ring (bicyclic) bond motifs is 2. The fourth-order valence-electron chi connectivity index (χ4n) is 5.50. The maximum atomic E-state index is 11.2. The van der Waals surface area contributed by atoms with Gasteiger partial charge in [-0.25, -0.2) is 9.98 Å². The number of carbonyl (C=O) groups is 3. The first-order chi connectivity index (χ1) is 22.5. The molecule has 46 heavy (non-hydrogen) atoms. The van der Waals surface area contributed by atoms with Gasteiger partial charge in [0.25, 0.3) is 0 Å². The van der Waals surface area contributed by atoms with Crippen LogP contribution in [0.3, 0.4) is 0 Å². The minimum absolute atomic E-state index is 0.239. The highest BCUT2D eigenvalue weighted by atomic mass is 16.1. The maximum absolute atomic E-state index is 11.2. The third kappa shape index (κ3) is 9.41. The number of hydrogen-bond acceptors (Lipinski definition) is 7. The molecule has 0 saturated heterocycles. The number of amidine groups is 2. The largest absolute Gasteiger partial charge is 0.325 e. The second-order valence-corrected chi connectivity index (χ2v) is 11.3. The summed E-state index contributed by atoms with van der Waals surface area (Å²) in [6.45, 7) is 6.96.